The van der Waals surface area contributed by atoms with E-state index in [-0.39, 0.29) is 5.41 Å². The minimum Gasteiger partial charge on any atom is -0.0619 e. The summed E-state index contributed by atoms with van der Waals surface area (Å²) in [6.07, 6.45) is 0. The molecule has 0 saturated heterocycles. The van der Waals surface area contributed by atoms with Gasteiger partial charge in [-0.05, 0) is 82.0 Å². The van der Waals surface area contributed by atoms with Crippen molar-refractivity contribution in [2.24, 2.45) is 0 Å². The zero-order chi connectivity index (χ0) is 19.0. The molecule has 28 heavy (non-hydrogen) atoms. The smallest absolute Gasteiger partial charge is 0.0619 e. The monoisotopic (exact) mass is 358 g/mol. The average molecular weight is 358 g/mol. The summed E-state index contributed by atoms with van der Waals surface area (Å²) in [7, 11) is 0. The molecule has 0 atom stereocenters. The van der Waals surface area contributed by atoms with E-state index in [4.69, 9.17) is 0 Å². The topological polar surface area (TPSA) is 0 Å². The Hall–Kier alpha value is -3.12. The summed E-state index contributed by atoms with van der Waals surface area (Å²) in [5.41, 5.74) is 15.3. The van der Waals surface area contributed by atoms with E-state index in [1.54, 1.807) is 0 Å². The molecule has 2 aliphatic rings. The maximum absolute atomic E-state index is 2.36. The van der Waals surface area contributed by atoms with Gasteiger partial charge in [-0.3, -0.25) is 0 Å². The lowest BCUT2D eigenvalue weighted by atomic mass is 9.70. The molecule has 4 aromatic rings. The Morgan fingerprint density at radius 3 is 1.43 bits per heavy atom. The van der Waals surface area contributed by atoms with E-state index < -0.39 is 0 Å². The van der Waals surface area contributed by atoms with E-state index in [2.05, 4.69) is 99.6 Å². The number of hydrogen-bond donors (Lipinski definition) is 0. The summed E-state index contributed by atoms with van der Waals surface area (Å²) in [6.45, 7) is 6.76. The lowest BCUT2D eigenvalue weighted by Gasteiger charge is -2.30. The van der Waals surface area contributed by atoms with Crippen LogP contribution in [-0.2, 0) is 5.41 Å². The number of fused-ring (bicyclic) bond motifs is 10. The van der Waals surface area contributed by atoms with Crippen LogP contribution in [0.3, 0.4) is 0 Å². The highest BCUT2D eigenvalue weighted by molar-refractivity contribution is 5.97. The Kier molecular flexibility index (Phi) is 2.97. The first-order valence-corrected chi connectivity index (χ1v) is 10.1. The van der Waals surface area contributed by atoms with Crippen molar-refractivity contribution >= 4 is 0 Å². The average Bonchev–Trinajstić information content (AvgIpc) is 3.18. The Bertz CT molecular complexity index is 1240. The fourth-order valence-corrected chi connectivity index (χ4v) is 5.86. The Morgan fingerprint density at radius 2 is 0.857 bits per heavy atom. The molecular formula is C28H22. The first-order valence-electron chi connectivity index (χ1n) is 10.1. The van der Waals surface area contributed by atoms with Crippen LogP contribution < -0.4 is 0 Å². The Labute approximate surface area is 166 Å². The third kappa shape index (κ3) is 1.63. The highest BCUT2D eigenvalue weighted by Gasteiger charge is 2.52. The molecule has 0 aromatic heterocycles. The van der Waals surface area contributed by atoms with Gasteiger partial charge in [0.05, 0.1) is 5.41 Å². The minimum atomic E-state index is -0.208. The molecule has 2 aliphatic carbocycles. The van der Waals surface area contributed by atoms with Gasteiger partial charge in [0.15, 0.2) is 0 Å². The molecule has 1 spiro atoms. The predicted octanol–water partition coefficient (Wildman–Crippen LogP) is 6.96. The molecule has 134 valence electrons. The lowest BCUT2D eigenvalue weighted by Crippen LogP contribution is -2.25. The third-order valence-electron chi connectivity index (χ3n) is 6.88. The van der Waals surface area contributed by atoms with Crippen LogP contribution in [0.4, 0.5) is 0 Å². The fraction of sp³-hybridized carbons (Fsp3) is 0.143. The third-order valence-corrected chi connectivity index (χ3v) is 6.88. The van der Waals surface area contributed by atoms with Crippen molar-refractivity contribution in [1.82, 2.24) is 0 Å². The highest BCUT2D eigenvalue weighted by Crippen LogP contribution is 2.63. The van der Waals surface area contributed by atoms with Crippen LogP contribution in [0.5, 0.6) is 0 Å². The van der Waals surface area contributed by atoms with Gasteiger partial charge in [-0.1, -0.05) is 78.9 Å². The zero-order valence-electron chi connectivity index (χ0n) is 16.5. The van der Waals surface area contributed by atoms with Gasteiger partial charge in [-0.25, -0.2) is 0 Å². The molecule has 0 radical (unpaired) electrons. The van der Waals surface area contributed by atoms with Crippen molar-refractivity contribution in [3.05, 3.63) is 118 Å². The molecule has 0 nitrogen and oxygen atoms in total. The first kappa shape index (κ1) is 15.9. The maximum Gasteiger partial charge on any atom is 0.0725 e. The van der Waals surface area contributed by atoms with E-state index in [1.165, 1.54) is 61.2 Å². The van der Waals surface area contributed by atoms with Crippen molar-refractivity contribution in [2.45, 2.75) is 26.2 Å². The second-order valence-electron chi connectivity index (χ2n) is 8.29. The van der Waals surface area contributed by atoms with E-state index in [1.807, 2.05) is 0 Å². The molecule has 6 rings (SSSR count). The number of benzene rings is 4. The maximum atomic E-state index is 2.36. The normalized spacial score (nSPS) is 14.5. The predicted molar refractivity (Wildman–Crippen MR) is 117 cm³/mol. The van der Waals surface area contributed by atoms with Gasteiger partial charge in [0, 0.05) is 0 Å². The lowest BCUT2D eigenvalue weighted by molar-refractivity contribution is 0.792. The van der Waals surface area contributed by atoms with Crippen LogP contribution in [0, 0.1) is 20.8 Å². The van der Waals surface area contributed by atoms with Crippen LogP contribution in [0.2, 0.25) is 0 Å². The fourth-order valence-electron chi connectivity index (χ4n) is 5.86. The van der Waals surface area contributed by atoms with Gasteiger partial charge >= 0.3 is 0 Å². The van der Waals surface area contributed by atoms with Crippen molar-refractivity contribution in [1.29, 1.82) is 0 Å². The van der Waals surface area contributed by atoms with Gasteiger partial charge in [0.1, 0.15) is 0 Å². The number of hydrogen-bond acceptors (Lipinski definition) is 0. The van der Waals surface area contributed by atoms with Gasteiger partial charge < -0.3 is 0 Å². The summed E-state index contributed by atoms with van der Waals surface area (Å²) < 4.78 is 0. The van der Waals surface area contributed by atoms with E-state index in [0.717, 1.165) is 0 Å². The van der Waals surface area contributed by atoms with E-state index in [0.29, 0.717) is 0 Å². The molecule has 0 heterocycles. The molecule has 0 N–H and O–H groups in total. The zero-order valence-corrected chi connectivity index (χ0v) is 16.5. The van der Waals surface area contributed by atoms with Crippen molar-refractivity contribution in [3.8, 4) is 22.3 Å². The van der Waals surface area contributed by atoms with Crippen LogP contribution in [0.1, 0.15) is 38.9 Å². The highest BCUT2D eigenvalue weighted by atomic mass is 14.5. The molecule has 0 amide bonds. The summed E-state index contributed by atoms with van der Waals surface area (Å²) in [6, 6.07) is 29.5. The second-order valence-corrected chi connectivity index (χ2v) is 8.29. The second kappa shape index (κ2) is 5.23. The van der Waals surface area contributed by atoms with E-state index >= 15 is 0 Å². The van der Waals surface area contributed by atoms with Crippen LogP contribution >= 0.6 is 0 Å². The standard InChI is InChI=1S/C28H22/c1-17-9-6-14-22-25(17)20-12-4-5-13-21(20)28(22)23-15-7-10-18(2)26(23)27-19(3)11-8-16-24(27)28/h4-16H,1-3H3. The van der Waals surface area contributed by atoms with Crippen LogP contribution in [0.15, 0.2) is 78.9 Å². The SMILES string of the molecule is Cc1cccc2c1-c1ccccc1C21c2cccc(C)c2-c2c(C)cccc21. The van der Waals surface area contributed by atoms with E-state index in [9.17, 15) is 0 Å². The summed E-state index contributed by atoms with van der Waals surface area (Å²) >= 11 is 0. The summed E-state index contributed by atoms with van der Waals surface area (Å²) in [5, 5.41) is 0. The largest absolute Gasteiger partial charge is 0.0725 e. The number of aryl methyl sites for hydroxylation is 3. The number of rotatable bonds is 0. The summed E-state index contributed by atoms with van der Waals surface area (Å²) in [4.78, 5) is 0. The summed E-state index contributed by atoms with van der Waals surface area (Å²) in [5.74, 6) is 0. The van der Waals surface area contributed by atoms with Crippen LogP contribution in [0.25, 0.3) is 22.3 Å². The first-order chi connectivity index (χ1) is 13.7. The molecule has 0 fully saturated rings. The Morgan fingerprint density at radius 1 is 0.429 bits per heavy atom. The molecule has 4 aromatic carbocycles. The minimum absolute atomic E-state index is 0.208. The van der Waals surface area contributed by atoms with Crippen molar-refractivity contribution in [2.75, 3.05) is 0 Å². The molecule has 0 aliphatic heterocycles. The van der Waals surface area contributed by atoms with Crippen LogP contribution in [-0.4, -0.2) is 0 Å². The van der Waals surface area contributed by atoms with Gasteiger partial charge in [0.2, 0.25) is 0 Å². The molecule has 0 unspecified atom stereocenters. The van der Waals surface area contributed by atoms with Gasteiger partial charge in [0.25, 0.3) is 0 Å². The van der Waals surface area contributed by atoms with Gasteiger partial charge in [-0.2, -0.15) is 0 Å². The van der Waals surface area contributed by atoms with Crippen molar-refractivity contribution in [3.63, 3.8) is 0 Å². The molecular weight excluding hydrogens is 336 g/mol. The molecule has 0 saturated carbocycles. The van der Waals surface area contributed by atoms with Gasteiger partial charge in [-0.15, -0.1) is 0 Å². The van der Waals surface area contributed by atoms with Crippen molar-refractivity contribution < 1.29 is 0 Å². The Balaban J connectivity index is 1.91. The quantitative estimate of drug-likeness (QED) is 0.275. The molecule has 0 bridgehead atoms. The molecule has 0 heteroatoms.